The van der Waals surface area contributed by atoms with Crippen LogP contribution in [0.1, 0.15) is 20.3 Å². The number of nitrogens with two attached hydrogens (primary N) is 1. The second-order valence-electron chi connectivity index (χ2n) is 2.97. The Morgan fingerprint density at radius 3 is 2.67 bits per heavy atom. The summed E-state index contributed by atoms with van der Waals surface area (Å²) in [6.07, 6.45) is -0.0524. The van der Waals surface area contributed by atoms with Gasteiger partial charge in [0.05, 0.1) is 6.42 Å². The number of hydrogen-bond donors (Lipinski definition) is 3. The second-order valence-corrected chi connectivity index (χ2v) is 2.97. The molecule has 5 nitrogen and oxygen atoms in total. The summed E-state index contributed by atoms with van der Waals surface area (Å²) in [7, 11) is 0. The molecular weight excluding hydrogens is 158 g/mol. The molecule has 0 aromatic heterocycles. The third-order valence-corrected chi connectivity index (χ3v) is 1.18. The molecule has 0 fully saturated rings. The molecule has 0 saturated carbocycles. The minimum Gasteiger partial charge on any atom is -0.409 e. The van der Waals surface area contributed by atoms with Gasteiger partial charge in [-0.05, 0) is 5.92 Å². The molecule has 0 rings (SSSR count). The van der Waals surface area contributed by atoms with Crippen molar-refractivity contribution in [3.8, 4) is 0 Å². The van der Waals surface area contributed by atoms with E-state index in [-0.39, 0.29) is 18.2 Å². The van der Waals surface area contributed by atoms with Crippen molar-refractivity contribution < 1.29 is 10.0 Å². The maximum atomic E-state index is 10.9. The Kier molecular flexibility index (Phi) is 4.83. The number of nitrogens with zero attached hydrogens (tertiary/aromatic N) is 1. The number of amidine groups is 1. The normalized spacial score (nSPS) is 11.8. The van der Waals surface area contributed by atoms with E-state index >= 15 is 0 Å². The zero-order chi connectivity index (χ0) is 9.56. The van der Waals surface area contributed by atoms with Crippen molar-refractivity contribution in [2.75, 3.05) is 6.54 Å². The zero-order valence-electron chi connectivity index (χ0n) is 7.37. The van der Waals surface area contributed by atoms with Crippen molar-refractivity contribution in [2.24, 2.45) is 16.8 Å². The van der Waals surface area contributed by atoms with E-state index in [1.54, 1.807) is 0 Å². The first kappa shape index (κ1) is 10.7. The van der Waals surface area contributed by atoms with Crippen molar-refractivity contribution in [3.63, 3.8) is 0 Å². The third-order valence-electron chi connectivity index (χ3n) is 1.18. The molecule has 0 radical (unpaired) electrons. The monoisotopic (exact) mass is 173 g/mol. The zero-order valence-corrected chi connectivity index (χ0v) is 7.37. The minimum atomic E-state index is -0.223. The van der Waals surface area contributed by atoms with Gasteiger partial charge in [0, 0.05) is 6.54 Å². The topological polar surface area (TPSA) is 87.7 Å². The van der Waals surface area contributed by atoms with Crippen LogP contribution in [0.3, 0.4) is 0 Å². The van der Waals surface area contributed by atoms with Gasteiger partial charge < -0.3 is 16.3 Å². The molecule has 0 aromatic rings. The Hall–Kier alpha value is -1.26. The molecule has 0 atom stereocenters. The minimum absolute atomic E-state index is 0.0524. The molecule has 0 unspecified atom stereocenters. The van der Waals surface area contributed by atoms with Crippen LogP contribution >= 0.6 is 0 Å². The highest BCUT2D eigenvalue weighted by Gasteiger charge is 2.04. The predicted octanol–water partition coefficient (Wildman–Crippen LogP) is -0.105. The van der Waals surface area contributed by atoms with Crippen LogP contribution in [-0.2, 0) is 4.79 Å². The predicted molar refractivity (Wildman–Crippen MR) is 45.9 cm³/mol. The summed E-state index contributed by atoms with van der Waals surface area (Å²) in [6, 6.07) is 0. The standard InChI is InChI=1S/C7H15N3O2/c1-5(2)4-9-7(11)3-6(8)10-12/h5,12H,3-4H2,1-2H3,(H2,8,10)(H,9,11). The van der Waals surface area contributed by atoms with E-state index in [4.69, 9.17) is 10.9 Å². The molecule has 0 aromatic carbocycles. The first-order valence-corrected chi connectivity index (χ1v) is 3.79. The van der Waals surface area contributed by atoms with Crippen LogP contribution in [0.2, 0.25) is 0 Å². The van der Waals surface area contributed by atoms with Gasteiger partial charge in [0.1, 0.15) is 5.84 Å². The van der Waals surface area contributed by atoms with E-state index < -0.39 is 0 Å². The Bertz CT molecular complexity index is 177. The Morgan fingerprint density at radius 1 is 1.67 bits per heavy atom. The number of carbonyl (C=O) groups is 1. The van der Waals surface area contributed by atoms with Crippen LogP contribution in [0, 0.1) is 5.92 Å². The van der Waals surface area contributed by atoms with Gasteiger partial charge in [-0.3, -0.25) is 4.79 Å². The van der Waals surface area contributed by atoms with Crippen molar-refractivity contribution in [3.05, 3.63) is 0 Å². The van der Waals surface area contributed by atoms with Crippen LogP contribution in [0.25, 0.3) is 0 Å². The lowest BCUT2D eigenvalue weighted by atomic mass is 10.2. The fourth-order valence-corrected chi connectivity index (χ4v) is 0.580. The van der Waals surface area contributed by atoms with Crippen LogP contribution in [0.5, 0.6) is 0 Å². The van der Waals surface area contributed by atoms with Gasteiger partial charge in [0.15, 0.2) is 0 Å². The van der Waals surface area contributed by atoms with Gasteiger partial charge in [-0.2, -0.15) is 0 Å². The second kappa shape index (κ2) is 5.40. The van der Waals surface area contributed by atoms with Crippen LogP contribution in [0.4, 0.5) is 0 Å². The summed E-state index contributed by atoms with van der Waals surface area (Å²) in [6.45, 7) is 4.59. The van der Waals surface area contributed by atoms with E-state index in [0.717, 1.165) is 0 Å². The van der Waals surface area contributed by atoms with Gasteiger partial charge in [-0.15, -0.1) is 0 Å². The molecule has 0 aliphatic carbocycles. The summed E-state index contributed by atoms with van der Waals surface area (Å²) in [5.41, 5.74) is 5.12. The summed E-state index contributed by atoms with van der Waals surface area (Å²) >= 11 is 0. The number of carbonyl (C=O) groups excluding carboxylic acids is 1. The summed E-state index contributed by atoms with van der Waals surface area (Å²) in [5.74, 6) is 0.108. The number of rotatable bonds is 4. The molecule has 5 heteroatoms. The third kappa shape index (κ3) is 5.52. The fourth-order valence-electron chi connectivity index (χ4n) is 0.580. The molecule has 4 N–H and O–H groups in total. The number of nitrogens with one attached hydrogen (secondary N) is 1. The molecule has 70 valence electrons. The lowest BCUT2D eigenvalue weighted by Gasteiger charge is -2.06. The number of oxime groups is 1. The van der Waals surface area contributed by atoms with E-state index in [1.165, 1.54) is 0 Å². The van der Waals surface area contributed by atoms with Gasteiger partial charge in [0.2, 0.25) is 5.91 Å². The number of amides is 1. The smallest absolute Gasteiger partial charge is 0.227 e. The van der Waals surface area contributed by atoms with E-state index in [1.807, 2.05) is 13.8 Å². The average molecular weight is 173 g/mol. The van der Waals surface area contributed by atoms with Gasteiger partial charge >= 0.3 is 0 Å². The largest absolute Gasteiger partial charge is 0.409 e. The summed E-state index contributed by atoms with van der Waals surface area (Å²) in [5, 5.41) is 13.5. The van der Waals surface area contributed by atoms with Crippen molar-refractivity contribution in [1.29, 1.82) is 0 Å². The Labute approximate surface area is 71.6 Å². The Morgan fingerprint density at radius 2 is 2.25 bits per heavy atom. The highest BCUT2D eigenvalue weighted by atomic mass is 16.4. The van der Waals surface area contributed by atoms with Crippen molar-refractivity contribution >= 4 is 11.7 Å². The maximum absolute atomic E-state index is 10.9. The first-order chi connectivity index (χ1) is 5.56. The molecule has 1 amide bonds. The fraction of sp³-hybridized carbons (Fsp3) is 0.714. The van der Waals surface area contributed by atoms with E-state index in [9.17, 15) is 4.79 Å². The maximum Gasteiger partial charge on any atom is 0.227 e. The SMILES string of the molecule is CC(C)CNC(=O)C/C(N)=N/O. The molecule has 0 aliphatic rings. The molecule has 0 aliphatic heterocycles. The molecule has 12 heavy (non-hydrogen) atoms. The van der Waals surface area contributed by atoms with E-state index in [2.05, 4.69) is 10.5 Å². The average Bonchev–Trinajstić information content (AvgIpc) is 2.00. The molecule has 0 heterocycles. The lowest BCUT2D eigenvalue weighted by molar-refractivity contribution is -0.120. The lowest BCUT2D eigenvalue weighted by Crippen LogP contribution is -2.31. The highest BCUT2D eigenvalue weighted by molar-refractivity contribution is 5.98. The quantitative estimate of drug-likeness (QED) is 0.240. The highest BCUT2D eigenvalue weighted by Crippen LogP contribution is 1.88. The first-order valence-electron chi connectivity index (χ1n) is 3.79. The molecule has 0 bridgehead atoms. The summed E-state index contributed by atoms with van der Waals surface area (Å²) in [4.78, 5) is 10.9. The molecule has 0 saturated heterocycles. The van der Waals surface area contributed by atoms with Crippen molar-refractivity contribution in [2.45, 2.75) is 20.3 Å². The van der Waals surface area contributed by atoms with Gasteiger partial charge in [0.25, 0.3) is 0 Å². The Balaban J connectivity index is 3.61. The summed E-state index contributed by atoms with van der Waals surface area (Å²) < 4.78 is 0. The molecular formula is C7H15N3O2. The van der Waals surface area contributed by atoms with E-state index in [0.29, 0.717) is 12.5 Å². The van der Waals surface area contributed by atoms with Gasteiger partial charge in [-0.1, -0.05) is 19.0 Å². The van der Waals surface area contributed by atoms with Crippen LogP contribution in [-0.4, -0.2) is 23.5 Å². The van der Waals surface area contributed by atoms with Crippen LogP contribution < -0.4 is 11.1 Å². The van der Waals surface area contributed by atoms with Crippen LogP contribution in [0.15, 0.2) is 5.16 Å². The van der Waals surface area contributed by atoms with Gasteiger partial charge in [-0.25, -0.2) is 0 Å². The molecule has 0 spiro atoms. The number of hydrogen-bond acceptors (Lipinski definition) is 3. The van der Waals surface area contributed by atoms with Crippen molar-refractivity contribution in [1.82, 2.24) is 5.32 Å².